The van der Waals surface area contributed by atoms with Crippen molar-refractivity contribution in [3.05, 3.63) is 41.3 Å². The van der Waals surface area contributed by atoms with Gasteiger partial charge in [0.25, 0.3) is 5.91 Å². The number of aromatic nitrogens is 1. The number of hydrogen-bond donors (Lipinski definition) is 1. The molecule has 28 heavy (non-hydrogen) atoms. The predicted molar refractivity (Wildman–Crippen MR) is 105 cm³/mol. The maximum absolute atomic E-state index is 13.5. The van der Waals surface area contributed by atoms with Crippen molar-refractivity contribution in [1.29, 1.82) is 0 Å². The van der Waals surface area contributed by atoms with Crippen LogP contribution in [0.1, 0.15) is 66.9 Å². The van der Waals surface area contributed by atoms with Gasteiger partial charge in [-0.2, -0.15) is 0 Å². The average Bonchev–Trinajstić information content (AvgIpc) is 3.20. The van der Waals surface area contributed by atoms with Crippen LogP contribution in [-0.2, 0) is 4.79 Å². The van der Waals surface area contributed by atoms with Crippen molar-refractivity contribution < 1.29 is 14.0 Å². The van der Waals surface area contributed by atoms with E-state index in [2.05, 4.69) is 4.98 Å². The number of fused-ring (bicyclic) bond motifs is 1. The second kappa shape index (κ2) is 7.86. The van der Waals surface area contributed by atoms with E-state index in [-0.39, 0.29) is 17.6 Å². The van der Waals surface area contributed by atoms with Gasteiger partial charge in [-0.25, -0.2) is 4.39 Å². The largest absolute Gasteiger partial charge is 0.366 e. The first-order chi connectivity index (χ1) is 13.5. The van der Waals surface area contributed by atoms with Crippen molar-refractivity contribution in [2.24, 2.45) is 11.7 Å². The summed E-state index contributed by atoms with van der Waals surface area (Å²) in [6, 6.07) is 5.96. The van der Waals surface area contributed by atoms with Crippen LogP contribution in [0, 0.1) is 11.7 Å². The molecule has 1 aromatic carbocycles. The molecule has 148 valence electrons. The molecule has 1 aliphatic heterocycles. The summed E-state index contributed by atoms with van der Waals surface area (Å²) in [6.45, 7) is 1.32. The second-order valence-electron chi connectivity index (χ2n) is 8.16. The van der Waals surface area contributed by atoms with Crippen LogP contribution in [0.15, 0.2) is 24.3 Å². The molecule has 2 aromatic rings. The molecule has 5 nitrogen and oxygen atoms in total. The molecule has 1 unspecified atom stereocenters. The van der Waals surface area contributed by atoms with Crippen molar-refractivity contribution in [3.8, 4) is 0 Å². The summed E-state index contributed by atoms with van der Waals surface area (Å²) in [6.07, 6.45) is 7.11. The number of amides is 2. The van der Waals surface area contributed by atoms with Gasteiger partial charge in [0.15, 0.2) is 0 Å². The highest BCUT2D eigenvalue weighted by Gasteiger charge is 2.30. The van der Waals surface area contributed by atoms with E-state index in [4.69, 9.17) is 5.73 Å². The smallest absolute Gasteiger partial charge is 0.250 e. The number of pyridine rings is 1. The van der Waals surface area contributed by atoms with Crippen LogP contribution in [0.3, 0.4) is 0 Å². The Morgan fingerprint density at radius 3 is 2.68 bits per heavy atom. The lowest BCUT2D eigenvalue weighted by Gasteiger charge is -2.34. The Morgan fingerprint density at radius 1 is 1.14 bits per heavy atom. The Morgan fingerprint density at radius 2 is 1.93 bits per heavy atom. The zero-order chi connectivity index (χ0) is 19.7. The molecule has 1 aliphatic carbocycles. The van der Waals surface area contributed by atoms with Crippen LogP contribution in [0.2, 0.25) is 0 Å². The van der Waals surface area contributed by atoms with Gasteiger partial charge in [0.1, 0.15) is 5.82 Å². The standard InChI is InChI=1S/C22H26FN3O2/c23-17-7-8-19-16(11-17)12-18(22(24)28)21(25-19)15-6-3-9-26(13-15)20(27)10-14-4-1-2-5-14/h7-8,11-12,14-15H,1-6,9-10,13H2,(H2,24,28). The Balaban J connectivity index is 1.59. The fraction of sp³-hybridized carbons (Fsp3) is 0.500. The number of piperidine rings is 1. The van der Waals surface area contributed by atoms with E-state index in [1.807, 2.05) is 4.90 Å². The molecule has 1 saturated carbocycles. The number of carbonyl (C=O) groups excluding carboxylic acids is 2. The summed E-state index contributed by atoms with van der Waals surface area (Å²) in [5.41, 5.74) is 7.19. The van der Waals surface area contributed by atoms with E-state index in [0.29, 0.717) is 41.0 Å². The maximum Gasteiger partial charge on any atom is 0.250 e. The fourth-order valence-electron chi connectivity index (χ4n) is 4.69. The van der Waals surface area contributed by atoms with Gasteiger partial charge in [0.05, 0.1) is 16.8 Å². The number of rotatable bonds is 4. The Bertz CT molecular complexity index is 908. The van der Waals surface area contributed by atoms with Crippen molar-refractivity contribution in [2.75, 3.05) is 13.1 Å². The van der Waals surface area contributed by atoms with Crippen molar-refractivity contribution in [2.45, 2.75) is 50.9 Å². The number of halogens is 1. The number of nitrogens with two attached hydrogens (primary N) is 1. The number of carbonyl (C=O) groups is 2. The first-order valence-corrected chi connectivity index (χ1v) is 10.2. The van der Waals surface area contributed by atoms with Crippen LogP contribution in [0.25, 0.3) is 10.9 Å². The molecular weight excluding hydrogens is 357 g/mol. The molecular formula is C22H26FN3O2. The zero-order valence-corrected chi connectivity index (χ0v) is 16.0. The number of nitrogens with zero attached hydrogens (tertiary/aromatic N) is 2. The molecule has 0 radical (unpaired) electrons. The summed E-state index contributed by atoms with van der Waals surface area (Å²) in [7, 11) is 0. The van der Waals surface area contributed by atoms with E-state index in [1.165, 1.54) is 25.0 Å². The lowest BCUT2D eigenvalue weighted by molar-refractivity contribution is -0.133. The van der Waals surface area contributed by atoms with Gasteiger partial charge in [0, 0.05) is 30.8 Å². The molecule has 6 heteroatoms. The molecule has 1 saturated heterocycles. The Labute approximate surface area is 164 Å². The lowest BCUT2D eigenvalue weighted by atomic mass is 9.90. The van der Waals surface area contributed by atoms with Crippen LogP contribution >= 0.6 is 0 Å². The zero-order valence-electron chi connectivity index (χ0n) is 16.0. The van der Waals surface area contributed by atoms with Crippen LogP contribution in [-0.4, -0.2) is 34.8 Å². The van der Waals surface area contributed by atoms with Gasteiger partial charge < -0.3 is 10.6 Å². The minimum atomic E-state index is -0.567. The van der Waals surface area contributed by atoms with E-state index in [9.17, 15) is 14.0 Å². The van der Waals surface area contributed by atoms with Gasteiger partial charge in [0.2, 0.25) is 5.91 Å². The molecule has 2 aliphatic rings. The van der Waals surface area contributed by atoms with E-state index in [1.54, 1.807) is 12.1 Å². The number of hydrogen-bond acceptors (Lipinski definition) is 3. The first kappa shape index (κ1) is 18.8. The van der Waals surface area contributed by atoms with Crippen LogP contribution in [0.5, 0.6) is 0 Å². The topological polar surface area (TPSA) is 76.3 Å². The summed E-state index contributed by atoms with van der Waals surface area (Å²) in [5.74, 6) is -0.247. The van der Waals surface area contributed by atoms with Gasteiger partial charge >= 0.3 is 0 Å². The number of primary amides is 1. The molecule has 0 bridgehead atoms. The minimum absolute atomic E-state index is 0.0294. The van der Waals surface area contributed by atoms with Gasteiger partial charge in [-0.05, 0) is 55.9 Å². The highest BCUT2D eigenvalue weighted by molar-refractivity contribution is 5.97. The van der Waals surface area contributed by atoms with Gasteiger partial charge in [-0.15, -0.1) is 0 Å². The predicted octanol–water partition coefficient (Wildman–Crippen LogP) is 3.76. The SMILES string of the molecule is NC(=O)c1cc2cc(F)ccc2nc1C1CCCN(C(=O)CC2CCCC2)C1. The Hall–Kier alpha value is -2.50. The van der Waals surface area contributed by atoms with E-state index in [0.717, 1.165) is 32.2 Å². The van der Waals surface area contributed by atoms with Crippen molar-refractivity contribution >= 4 is 22.7 Å². The molecule has 2 fully saturated rings. The van der Waals surface area contributed by atoms with Crippen molar-refractivity contribution in [1.82, 2.24) is 9.88 Å². The lowest BCUT2D eigenvalue weighted by Crippen LogP contribution is -2.40. The van der Waals surface area contributed by atoms with E-state index < -0.39 is 5.91 Å². The van der Waals surface area contributed by atoms with Crippen molar-refractivity contribution in [3.63, 3.8) is 0 Å². The van der Waals surface area contributed by atoms with Gasteiger partial charge in [-0.1, -0.05) is 12.8 Å². The molecule has 1 atom stereocenters. The maximum atomic E-state index is 13.5. The number of likely N-dealkylation sites (tertiary alicyclic amines) is 1. The fourth-order valence-corrected chi connectivity index (χ4v) is 4.69. The van der Waals surface area contributed by atoms with Crippen LogP contribution in [0.4, 0.5) is 4.39 Å². The molecule has 0 spiro atoms. The summed E-state index contributed by atoms with van der Waals surface area (Å²) < 4.78 is 13.5. The van der Waals surface area contributed by atoms with Crippen LogP contribution < -0.4 is 5.73 Å². The number of benzene rings is 1. The highest BCUT2D eigenvalue weighted by Crippen LogP contribution is 2.32. The highest BCUT2D eigenvalue weighted by atomic mass is 19.1. The summed E-state index contributed by atoms with van der Waals surface area (Å²) in [5, 5.41) is 0.558. The average molecular weight is 383 g/mol. The summed E-state index contributed by atoms with van der Waals surface area (Å²) >= 11 is 0. The molecule has 2 heterocycles. The molecule has 2 N–H and O–H groups in total. The molecule has 2 amide bonds. The van der Waals surface area contributed by atoms with Gasteiger partial charge in [-0.3, -0.25) is 14.6 Å². The molecule has 4 rings (SSSR count). The first-order valence-electron chi connectivity index (χ1n) is 10.2. The monoisotopic (exact) mass is 383 g/mol. The quantitative estimate of drug-likeness (QED) is 0.873. The molecule has 1 aromatic heterocycles. The second-order valence-corrected chi connectivity index (χ2v) is 8.16. The van der Waals surface area contributed by atoms with E-state index >= 15 is 0 Å². The Kier molecular flexibility index (Phi) is 5.29. The third kappa shape index (κ3) is 3.86. The third-order valence-electron chi connectivity index (χ3n) is 6.17. The third-order valence-corrected chi connectivity index (χ3v) is 6.17. The normalized spacial score (nSPS) is 20.6. The summed E-state index contributed by atoms with van der Waals surface area (Å²) in [4.78, 5) is 31.4. The minimum Gasteiger partial charge on any atom is -0.366 e.